The quantitative estimate of drug-likeness (QED) is 0.201. The van der Waals surface area contributed by atoms with Gasteiger partial charge in [-0.05, 0) is 0 Å². The van der Waals surface area contributed by atoms with E-state index in [4.69, 9.17) is 10.5 Å². The van der Waals surface area contributed by atoms with E-state index in [2.05, 4.69) is 0 Å². The van der Waals surface area contributed by atoms with E-state index in [1.807, 2.05) is 0 Å². The third kappa shape index (κ3) is 9.59. The average molecular weight is 90.2 g/mol. The van der Waals surface area contributed by atoms with Crippen molar-refractivity contribution in [2.24, 2.45) is 0 Å². The van der Waals surface area contributed by atoms with E-state index in [1.54, 1.807) is 0 Å². The Labute approximate surface area is 69.7 Å². The van der Waals surface area contributed by atoms with Crippen LogP contribution in [0.2, 0.25) is 0 Å². The molecule has 0 fully saturated rings. The summed E-state index contributed by atoms with van der Waals surface area (Å²) in [5.41, 5.74) is 0. The minimum atomic E-state index is 0. The SMILES string of the molecule is C.OO.[H-].[K+]. The first kappa shape index (κ1) is 17.7. The van der Waals surface area contributed by atoms with Crippen molar-refractivity contribution in [2.75, 3.05) is 0 Å². The van der Waals surface area contributed by atoms with Crippen LogP contribution in [0.1, 0.15) is 8.85 Å². The molecule has 2 nitrogen and oxygen atoms in total. The second-order valence-electron chi connectivity index (χ2n) is 0. The second kappa shape index (κ2) is 23.8. The molecule has 24 valence electrons. The Morgan fingerprint density at radius 2 is 1.25 bits per heavy atom. The normalized spacial score (nSPS) is 1.50. The van der Waals surface area contributed by atoms with Crippen LogP contribution in [0.3, 0.4) is 0 Å². The number of hydrogen-bond acceptors (Lipinski definition) is 2. The molecule has 0 aromatic carbocycles. The molecule has 3 heteroatoms. The zero-order valence-corrected chi connectivity index (χ0v) is 5.02. The van der Waals surface area contributed by atoms with Gasteiger partial charge in [0.25, 0.3) is 0 Å². The predicted molar refractivity (Wildman–Crippen MR) is 13.1 cm³/mol. The van der Waals surface area contributed by atoms with Crippen LogP contribution in [-0.2, 0) is 0 Å². The van der Waals surface area contributed by atoms with Gasteiger partial charge in [0.1, 0.15) is 0 Å². The van der Waals surface area contributed by atoms with Gasteiger partial charge in [-0.25, -0.2) is 0 Å². The van der Waals surface area contributed by atoms with Crippen molar-refractivity contribution in [3.8, 4) is 0 Å². The van der Waals surface area contributed by atoms with Gasteiger partial charge in [-0.3, -0.25) is 10.5 Å². The van der Waals surface area contributed by atoms with Gasteiger partial charge in [-0.15, -0.1) is 0 Å². The molecule has 2 N–H and O–H groups in total. The number of hydrogen-bond donors (Lipinski definition) is 2. The third-order valence-electron chi connectivity index (χ3n) is 0. The molecule has 0 aromatic rings. The van der Waals surface area contributed by atoms with Gasteiger partial charge >= 0.3 is 51.4 Å². The molecule has 0 aliphatic rings. The van der Waals surface area contributed by atoms with Crippen LogP contribution in [0.15, 0.2) is 0 Å². The Morgan fingerprint density at radius 1 is 1.25 bits per heavy atom. The summed E-state index contributed by atoms with van der Waals surface area (Å²) in [6.45, 7) is 0. The molecular weight excluding hydrogens is 83.1 g/mol. The Morgan fingerprint density at radius 3 is 1.25 bits per heavy atom. The molecule has 0 saturated carbocycles. The fourth-order valence-corrected chi connectivity index (χ4v) is 0. The van der Waals surface area contributed by atoms with Gasteiger partial charge in [-0.1, -0.05) is 7.43 Å². The first-order valence-corrected chi connectivity index (χ1v) is 0.200. The van der Waals surface area contributed by atoms with E-state index in [0.717, 1.165) is 0 Å². The summed E-state index contributed by atoms with van der Waals surface area (Å²) in [5.74, 6) is 0. The van der Waals surface area contributed by atoms with Crippen molar-refractivity contribution in [1.29, 1.82) is 0 Å². The molecule has 0 aliphatic heterocycles. The topological polar surface area (TPSA) is 40.5 Å². The fraction of sp³-hybridized carbons (Fsp3) is 1.00. The van der Waals surface area contributed by atoms with E-state index in [-0.39, 0.29) is 60.2 Å². The van der Waals surface area contributed by atoms with Gasteiger partial charge in [0.05, 0.1) is 0 Å². The molecule has 0 heterocycles. The van der Waals surface area contributed by atoms with Crippen molar-refractivity contribution in [3.63, 3.8) is 0 Å². The maximum absolute atomic E-state index is 6.00. The summed E-state index contributed by atoms with van der Waals surface area (Å²) in [6, 6.07) is 0. The molecule has 4 heavy (non-hydrogen) atoms. The first-order valence-electron chi connectivity index (χ1n) is 0.200. The van der Waals surface area contributed by atoms with Crippen molar-refractivity contribution in [1.82, 2.24) is 0 Å². The summed E-state index contributed by atoms with van der Waals surface area (Å²) in [7, 11) is 0. The maximum Gasteiger partial charge on any atom is 1.00 e. The zero-order chi connectivity index (χ0) is 2.00. The Hall–Kier alpha value is 1.56. The molecule has 0 rings (SSSR count). The van der Waals surface area contributed by atoms with Crippen LogP contribution in [-0.4, -0.2) is 10.5 Å². The Kier molecular flexibility index (Phi) is 105. The summed E-state index contributed by atoms with van der Waals surface area (Å²) in [5, 5.41) is 12.0. The van der Waals surface area contributed by atoms with E-state index in [1.165, 1.54) is 0 Å². The summed E-state index contributed by atoms with van der Waals surface area (Å²) in [4.78, 5) is 0. The summed E-state index contributed by atoms with van der Waals surface area (Å²) >= 11 is 0. The maximum atomic E-state index is 6.00. The molecule has 0 atom stereocenters. The van der Waals surface area contributed by atoms with Gasteiger partial charge in [0, 0.05) is 0 Å². The average Bonchev–Trinajstić information content (AvgIpc) is 1.00. The van der Waals surface area contributed by atoms with Gasteiger partial charge in [0.2, 0.25) is 0 Å². The van der Waals surface area contributed by atoms with Gasteiger partial charge in [0.15, 0.2) is 0 Å². The molecule has 0 unspecified atom stereocenters. The van der Waals surface area contributed by atoms with Crippen LogP contribution < -0.4 is 51.4 Å². The van der Waals surface area contributed by atoms with Crippen molar-refractivity contribution in [3.05, 3.63) is 0 Å². The minimum absolute atomic E-state index is 0. The monoisotopic (exact) mass is 90.0 g/mol. The van der Waals surface area contributed by atoms with Crippen LogP contribution in [0.5, 0.6) is 0 Å². The van der Waals surface area contributed by atoms with Crippen molar-refractivity contribution in [2.45, 2.75) is 7.43 Å². The molecule has 0 aromatic heterocycles. The smallest absolute Gasteiger partial charge is 1.00 e. The molecule has 0 amide bonds. The molecule has 0 radical (unpaired) electrons. The van der Waals surface area contributed by atoms with E-state index < -0.39 is 0 Å². The van der Waals surface area contributed by atoms with Gasteiger partial charge < -0.3 is 1.43 Å². The zero-order valence-electron chi connectivity index (χ0n) is 2.89. The minimum Gasteiger partial charge on any atom is -1.00 e. The van der Waals surface area contributed by atoms with Crippen LogP contribution in [0.4, 0.5) is 0 Å². The number of rotatable bonds is 0. The molecule has 0 aliphatic carbocycles. The first-order chi connectivity index (χ1) is 1.00. The van der Waals surface area contributed by atoms with Crippen molar-refractivity contribution >= 4 is 0 Å². The molecule has 0 saturated heterocycles. The largest absolute Gasteiger partial charge is 1.00 e. The fourth-order valence-electron chi connectivity index (χ4n) is 0. The van der Waals surface area contributed by atoms with Gasteiger partial charge in [-0.2, -0.15) is 0 Å². The molecule has 0 spiro atoms. The van der Waals surface area contributed by atoms with Crippen LogP contribution >= 0.6 is 0 Å². The summed E-state index contributed by atoms with van der Waals surface area (Å²) in [6.07, 6.45) is 0. The van der Waals surface area contributed by atoms with E-state index >= 15 is 0 Å². The van der Waals surface area contributed by atoms with E-state index in [9.17, 15) is 0 Å². The standard InChI is InChI=1S/CH4.K.H2O2.H/c;;1-2;/h1H4;;1-2H;/q;+1;;-1. The predicted octanol–water partition coefficient (Wildman–Crippen LogP) is -2.23. The Balaban J connectivity index is -0.00000000167. The van der Waals surface area contributed by atoms with Crippen LogP contribution in [0.25, 0.3) is 0 Å². The van der Waals surface area contributed by atoms with E-state index in [0.29, 0.717) is 0 Å². The van der Waals surface area contributed by atoms with Crippen LogP contribution in [0, 0.1) is 0 Å². The molecule has 0 bridgehead atoms. The Bertz CT molecular complexity index is 9.61. The third-order valence-corrected chi connectivity index (χ3v) is 0. The molecular formula is CH7KO2. The summed E-state index contributed by atoms with van der Waals surface area (Å²) < 4.78 is 0. The second-order valence-corrected chi connectivity index (χ2v) is 0. The van der Waals surface area contributed by atoms with Crippen molar-refractivity contribution < 1.29 is 63.3 Å².